The highest BCUT2D eigenvalue weighted by Crippen LogP contribution is 2.40. The highest BCUT2D eigenvalue weighted by atomic mass is 35.5. The summed E-state index contributed by atoms with van der Waals surface area (Å²) in [6.07, 6.45) is 3.03. The van der Waals surface area contributed by atoms with Crippen molar-refractivity contribution in [1.29, 1.82) is 0 Å². The number of fused-ring (bicyclic) bond motifs is 2. The monoisotopic (exact) mass is 378 g/mol. The van der Waals surface area contributed by atoms with Crippen molar-refractivity contribution in [3.8, 4) is 0 Å². The van der Waals surface area contributed by atoms with Crippen LogP contribution in [-0.4, -0.2) is 34.7 Å². The highest BCUT2D eigenvalue weighted by molar-refractivity contribution is 6.31. The number of carbonyl (C=O) groups is 1. The molecule has 0 unspecified atom stereocenters. The zero-order valence-electron chi connectivity index (χ0n) is 16.5. The molecule has 2 saturated heterocycles. The van der Waals surface area contributed by atoms with Crippen LogP contribution in [0.3, 0.4) is 0 Å². The molecule has 0 aliphatic carbocycles. The van der Waals surface area contributed by atoms with Crippen molar-refractivity contribution in [3.05, 3.63) is 34.3 Å². The Morgan fingerprint density at radius 2 is 2.08 bits per heavy atom. The first-order valence-electron chi connectivity index (χ1n) is 9.68. The largest absolute Gasteiger partial charge is 0.444 e. The fraction of sp³-hybridized carbons (Fsp3) is 0.667. The average Bonchev–Trinajstić information content (AvgIpc) is 3.01. The maximum Gasteiger partial charge on any atom is 0.407 e. The summed E-state index contributed by atoms with van der Waals surface area (Å²) in [5, 5.41) is 3.96. The van der Waals surface area contributed by atoms with Crippen molar-refractivity contribution in [2.75, 3.05) is 0 Å². The number of amides is 1. The van der Waals surface area contributed by atoms with E-state index >= 15 is 0 Å². The van der Waals surface area contributed by atoms with Crippen molar-refractivity contribution in [3.63, 3.8) is 0 Å². The molecule has 1 N–H and O–H groups in total. The first-order valence-corrected chi connectivity index (χ1v) is 10.1. The fourth-order valence-corrected chi connectivity index (χ4v) is 4.94. The van der Waals surface area contributed by atoms with E-state index in [1.165, 1.54) is 17.5 Å². The van der Waals surface area contributed by atoms with Crippen molar-refractivity contribution in [1.82, 2.24) is 10.2 Å². The number of ether oxygens (including phenoxy) is 1. The van der Waals surface area contributed by atoms with Gasteiger partial charge in [0.2, 0.25) is 0 Å². The van der Waals surface area contributed by atoms with Crippen LogP contribution in [0.2, 0.25) is 5.02 Å². The minimum atomic E-state index is -0.464. The zero-order chi connectivity index (χ0) is 19.1. The van der Waals surface area contributed by atoms with Crippen LogP contribution in [0.5, 0.6) is 0 Å². The molecular weight excluding hydrogens is 348 g/mol. The van der Waals surface area contributed by atoms with E-state index in [-0.39, 0.29) is 12.1 Å². The van der Waals surface area contributed by atoms with Gasteiger partial charge in [0.15, 0.2) is 0 Å². The topological polar surface area (TPSA) is 41.6 Å². The second-order valence-corrected chi connectivity index (χ2v) is 9.33. The minimum absolute atomic E-state index is 0.172. The van der Waals surface area contributed by atoms with E-state index < -0.39 is 5.60 Å². The molecular formula is C21H31ClN2O2. The highest BCUT2D eigenvalue weighted by Gasteiger charge is 2.47. The van der Waals surface area contributed by atoms with Crippen LogP contribution < -0.4 is 5.32 Å². The molecule has 0 spiro atoms. The van der Waals surface area contributed by atoms with Crippen LogP contribution in [0.4, 0.5) is 4.79 Å². The van der Waals surface area contributed by atoms with Crippen molar-refractivity contribution >= 4 is 17.7 Å². The second-order valence-electron chi connectivity index (χ2n) is 8.93. The lowest BCUT2D eigenvalue weighted by Gasteiger charge is -2.27. The van der Waals surface area contributed by atoms with Crippen molar-refractivity contribution < 1.29 is 9.53 Å². The second kappa shape index (κ2) is 7.40. The molecule has 0 radical (unpaired) electrons. The molecule has 5 heteroatoms. The Morgan fingerprint density at radius 3 is 2.73 bits per heavy atom. The molecule has 2 bridgehead atoms. The molecule has 0 saturated carbocycles. The maximum atomic E-state index is 12.2. The van der Waals surface area contributed by atoms with Gasteiger partial charge in [-0.25, -0.2) is 4.79 Å². The van der Waals surface area contributed by atoms with E-state index in [0.29, 0.717) is 18.0 Å². The molecule has 4 nitrogen and oxygen atoms in total. The number of carbonyl (C=O) groups excluding carboxylic acids is 1. The number of hydrogen-bond acceptors (Lipinski definition) is 3. The van der Waals surface area contributed by atoms with Gasteiger partial charge in [-0.2, -0.15) is 0 Å². The predicted molar refractivity (Wildman–Crippen MR) is 106 cm³/mol. The smallest absolute Gasteiger partial charge is 0.407 e. The normalized spacial score (nSPS) is 25.7. The summed E-state index contributed by atoms with van der Waals surface area (Å²) in [4.78, 5) is 14.7. The third kappa shape index (κ3) is 4.17. The van der Waals surface area contributed by atoms with Crippen LogP contribution >= 0.6 is 11.6 Å². The number of nitrogens with zero attached hydrogens (tertiary/aromatic N) is 1. The van der Waals surface area contributed by atoms with Crippen LogP contribution in [0.1, 0.15) is 70.9 Å². The Hall–Kier alpha value is -1.26. The van der Waals surface area contributed by atoms with Gasteiger partial charge in [0.1, 0.15) is 5.60 Å². The molecule has 2 heterocycles. The quantitative estimate of drug-likeness (QED) is 0.793. The van der Waals surface area contributed by atoms with Gasteiger partial charge in [0.05, 0.1) is 0 Å². The van der Waals surface area contributed by atoms with Gasteiger partial charge in [0.25, 0.3) is 0 Å². The van der Waals surface area contributed by atoms with E-state index in [9.17, 15) is 4.79 Å². The van der Waals surface area contributed by atoms with Gasteiger partial charge in [-0.3, -0.25) is 4.90 Å². The number of benzene rings is 1. The van der Waals surface area contributed by atoms with Crippen LogP contribution in [0, 0.1) is 0 Å². The fourth-order valence-electron chi connectivity index (χ4n) is 4.52. The third-order valence-corrected chi connectivity index (χ3v) is 5.79. The molecule has 26 heavy (non-hydrogen) atoms. The summed E-state index contributed by atoms with van der Waals surface area (Å²) < 4.78 is 5.44. The molecule has 1 amide bonds. The molecule has 1 aromatic rings. The van der Waals surface area contributed by atoms with Crippen LogP contribution in [0.15, 0.2) is 18.2 Å². The Kier molecular flexibility index (Phi) is 5.55. The van der Waals surface area contributed by atoms with Crippen molar-refractivity contribution in [2.24, 2.45) is 0 Å². The molecule has 2 aliphatic heterocycles. The maximum absolute atomic E-state index is 12.2. The molecule has 1 aromatic carbocycles. The number of alkyl carbamates (subject to hydrolysis) is 1. The molecule has 144 valence electrons. The Bertz CT molecular complexity index is 668. The van der Waals surface area contributed by atoms with Gasteiger partial charge in [-0.05, 0) is 63.1 Å². The lowest BCUT2D eigenvalue weighted by Crippen LogP contribution is -2.45. The minimum Gasteiger partial charge on any atom is -0.444 e. The molecule has 2 fully saturated rings. The van der Waals surface area contributed by atoms with E-state index in [1.54, 1.807) is 0 Å². The first-order chi connectivity index (χ1) is 12.2. The first kappa shape index (κ1) is 19.5. The van der Waals surface area contributed by atoms with E-state index in [1.807, 2.05) is 32.9 Å². The van der Waals surface area contributed by atoms with Gasteiger partial charge in [-0.15, -0.1) is 0 Å². The summed E-state index contributed by atoms with van der Waals surface area (Å²) >= 11 is 6.47. The van der Waals surface area contributed by atoms with Crippen molar-refractivity contribution in [2.45, 2.75) is 90.1 Å². The Morgan fingerprint density at radius 1 is 1.35 bits per heavy atom. The predicted octanol–water partition coefficient (Wildman–Crippen LogP) is 5.09. The van der Waals surface area contributed by atoms with Gasteiger partial charge in [0, 0.05) is 29.7 Å². The SMILES string of the molecule is CC(C)c1c(Cl)cccc1CN1[C@@H]2CC[C@H]1[C@@H](NC(=O)OC(C)(C)C)C2. The van der Waals surface area contributed by atoms with Gasteiger partial charge in [-0.1, -0.05) is 37.6 Å². The van der Waals surface area contributed by atoms with Crippen LogP contribution in [-0.2, 0) is 11.3 Å². The van der Waals surface area contributed by atoms with Gasteiger partial charge >= 0.3 is 6.09 Å². The Balaban J connectivity index is 1.70. The average molecular weight is 379 g/mol. The summed E-state index contributed by atoms with van der Waals surface area (Å²) in [6.45, 7) is 11.0. The van der Waals surface area contributed by atoms with E-state index in [0.717, 1.165) is 24.4 Å². The molecule has 0 aromatic heterocycles. The van der Waals surface area contributed by atoms with E-state index in [4.69, 9.17) is 16.3 Å². The third-order valence-electron chi connectivity index (χ3n) is 5.46. The molecule has 3 atom stereocenters. The molecule has 2 aliphatic rings. The number of halogens is 1. The lowest BCUT2D eigenvalue weighted by molar-refractivity contribution is 0.0491. The standard InChI is InChI=1S/C21H31ClN2O2/c1-13(2)19-14(7-6-8-16(19)22)12-24-15-9-10-18(24)17(11-15)23-20(25)26-21(3,4)5/h6-8,13,15,17-18H,9-12H2,1-5H3,(H,23,25)/t15-,17+,18+/m1/s1. The van der Waals surface area contributed by atoms with Crippen LogP contribution in [0.25, 0.3) is 0 Å². The van der Waals surface area contributed by atoms with E-state index in [2.05, 4.69) is 30.1 Å². The number of rotatable bonds is 4. The summed E-state index contributed by atoms with van der Waals surface area (Å²) in [6, 6.07) is 7.29. The summed E-state index contributed by atoms with van der Waals surface area (Å²) in [5.41, 5.74) is 2.09. The zero-order valence-corrected chi connectivity index (χ0v) is 17.3. The number of hydrogen-bond donors (Lipinski definition) is 1. The lowest BCUT2D eigenvalue weighted by atomic mass is 9.96. The Labute approximate surface area is 162 Å². The summed E-state index contributed by atoms with van der Waals surface area (Å²) in [7, 11) is 0. The molecule has 3 rings (SSSR count). The number of nitrogens with one attached hydrogen (secondary N) is 1. The van der Waals surface area contributed by atoms with Gasteiger partial charge < -0.3 is 10.1 Å². The summed E-state index contributed by atoms with van der Waals surface area (Å²) in [5.74, 6) is 0.398.